The number of imide groups is 1. The fraction of sp³-hybridized carbons (Fsp3) is 0.0667. The van der Waals surface area contributed by atoms with Crippen molar-refractivity contribution in [3.8, 4) is 0 Å². The fourth-order valence-corrected chi connectivity index (χ4v) is 2.21. The second kappa shape index (κ2) is 4.82. The first kappa shape index (κ1) is 13.0. The number of fused-ring (bicyclic) bond motifs is 1. The van der Waals surface area contributed by atoms with Gasteiger partial charge in [0.15, 0.2) is 0 Å². The Kier molecular flexibility index (Phi) is 2.98. The van der Waals surface area contributed by atoms with Crippen LogP contribution in [0, 0.1) is 0 Å². The third-order valence-corrected chi connectivity index (χ3v) is 3.26. The molecule has 1 N–H and O–H groups in total. The Morgan fingerprint density at radius 3 is 2.14 bits per heavy atom. The molecule has 6 heteroatoms. The SMILES string of the molecule is O=C(O)c1ccc(CN2C(=O)c3ccccc3C2=O)cn1. The van der Waals surface area contributed by atoms with Crippen LogP contribution in [-0.4, -0.2) is 32.8 Å². The summed E-state index contributed by atoms with van der Waals surface area (Å²) in [5.41, 5.74) is 1.28. The van der Waals surface area contributed by atoms with Gasteiger partial charge < -0.3 is 5.11 Å². The van der Waals surface area contributed by atoms with Crippen LogP contribution in [0.1, 0.15) is 36.8 Å². The molecule has 1 aliphatic heterocycles. The zero-order valence-corrected chi connectivity index (χ0v) is 10.8. The van der Waals surface area contributed by atoms with Gasteiger partial charge in [-0.25, -0.2) is 9.78 Å². The van der Waals surface area contributed by atoms with Crippen molar-refractivity contribution in [3.05, 3.63) is 65.0 Å². The Bertz CT molecular complexity index is 718. The minimum absolute atomic E-state index is 0.0687. The molecule has 2 heterocycles. The van der Waals surface area contributed by atoms with Crippen molar-refractivity contribution in [2.45, 2.75) is 6.54 Å². The largest absolute Gasteiger partial charge is 0.477 e. The van der Waals surface area contributed by atoms with Crippen molar-refractivity contribution in [2.24, 2.45) is 0 Å². The third-order valence-electron chi connectivity index (χ3n) is 3.26. The number of nitrogens with zero attached hydrogens (tertiary/aromatic N) is 2. The Hall–Kier alpha value is -3.02. The van der Waals surface area contributed by atoms with E-state index in [1.54, 1.807) is 30.3 Å². The van der Waals surface area contributed by atoms with Crippen molar-refractivity contribution in [1.29, 1.82) is 0 Å². The number of amides is 2. The molecule has 0 atom stereocenters. The van der Waals surface area contributed by atoms with Gasteiger partial charge in [0.1, 0.15) is 5.69 Å². The van der Waals surface area contributed by atoms with Crippen molar-refractivity contribution >= 4 is 17.8 Å². The molecule has 0 saturated heterocycles. The highest BCUT2D eigenvalue weighted by molar-refractivity contribution is 6.21. The van der Waals surface area contributed by atoms with E-state index in [9.17, 15) is 14.4 Å². The van der Waals surface area contributed by atoms with E-state index in [2.05, 4.69) is 4.98 Å². The van der Waals surface area contributed by atoms with E-state index >= 15 is 0 Å². The number of hydrogen-bond donors (Lipinski definition) is 1. The lowest BCUT2D eigenvalue weighted by Crippen LogP contribution is -2.29. The fourth-order valence-electron chi connectivity index (χ4n) is 2.21. The molecular formula is C15H10N2O4. The monoisotopic (exact) mass is 282 g/mol. The highest BCUT2D eigenvalue weighted by Crippen LogP contribution is 2.23. The maximum Gasteiger partial charge on any atom is 0.354 e. The number of carbonyl (C=O) groups is 3. The summed E-state index contributed by atoms with van der Waals surface area (Å²) in [6, 6.07) is 9.52. The Morgan fingerprint density at radius 1 is 1.05 bits per heavy atom. The minimum atomic E-state index is -1.12. The first-order chi connectivity index (χ1) is 10.1. The number of carbonyl (C=O) groups excluding carboxylic acids is 2. The Morgan fingerprint density at radius 2 is 1.67 bits per heavy atom. The van der Waals surface area contributed by atoms with Crippen LogP contribution in [0.2, 0.25) is 0 Å². The number of carboxylic acid groups (broad SMARTS) is 1. The van der Waals surface area contributed by atoms with Crippen LogP contribution in [0.15, 0.2) is 42.6 Å². The zero-order valence-electron chi connectivity index (χ0n) is 10.8. The van der Waals surface area contributed by atoms with Gasteiger partial charge in [0.25, 0.3) is 11.8 Å². The van der Waals surface area contributed by atoms with Crippen LogP contribution in [0.25, 0.3) is 0 Å². The molecule has 2 aromatic rings. The molecule has 0 unspecified atom stereocenters. The van der Waals surface area contributed by atoms with Crippen LogP contribution in [0.5, 0.6) is 0 Å². The van der Waals surface area contributed by atoms with E-state index < -0.39 is 5.97 Å². The lowest BCUT2D eigenvalue weighted by molar-refractivity contribution is 0.0637. The van der Waals surface area contributed by atoms with Gasteiger partial charge in [-0.1, -0.05) is 18.2 Å². The van der Waals surface area contributed by atoms with Crippen LogP contribution < -0.4 is 0 Å². The first-order valence-electron chi connectivity index (χ1n) is 6.21. The number of aromatic carboxylic acids is 1. The van der Waals surface area contributed by atoms with Gasteiger partial charge in [0, 0.05) is 6.20 Å². The Labute approximate surface area is 119 Å². The lowest BCUT2D eigenvalue weighted by atomic mass is 10.1. The third kappa shape index (κ3) is 2.16. The van der Waals surface area contributed by atoms with Gasteiger partial charge in [0.05, 0.1) is 17.7 Å². The van der Waals surface area contributed by atoms with Crippen LogP contribution in [-0.2, 0) is 6.54 Å². The summed E-state index contributed by atoms with van der Waals surface area (Å²) in [6.45, 7) is 0.0687. The van der Waals surface area contributed by atoms with Crippen LogP contribution in [0.3, 0.4) is 0 Å². The molecule has 2 amide bonds. The quantitative estimate of drug-likeness (QED) is 0.863. The minimum Gasteiger partial charge on any atom is -0.477 e. The highest BCUT2D eigenvalue weighted by atomic mass is 16.4. The topological polar surface area (TPSA) is 87.6 Å². The standard InChI is InChI=1S/C15H10N2O4/c18-13-10-3-1-2-4-11(10)14(19)17(13)8-9-5-6-12(15(20)21)16-7-9/h1-7H,8H2,(H,20,21). The molecule has 0 saturated carbocycles. The molecule has 0 spiro atoms. The maximum absolute atomic E-state index is 12.2. The van der Waals surface area contributed by atoms with E-state index in [0.717, 1.165) is 4.90 Å². The number of carboxylic acids is 1. The Balaban J connectivity index is 1.85. The first-order valence-corrected chi connectivity index (χ1v) is 6.21. The summed E-state index contributed by atoms with van der Waals surface area (Å²) in [6.07, 6.45) is 1.35. The van der Waals surface area contributed by atoms with Crippen molar-refractivity contribution in [3.63, 3.8) is 0 Å². The molecule has 0 radical (unpaired) electrons. The molecule has 1 aliphatic rings. The van der Waals surface area contributed by atoms with E-state index in [1.165, 1.54) is 12.3 Å². The second-order valence-corrected chi connectivity index (χ2v) is 4.60. The number of pyridine rings is 1. The number of benzene rings is 1. The summed E-state index contributed by atoms with van der Waals surface area (Å²) in [4.78, 5) is 40.0. The average molecular weight is 282 g/mol. The normalized spacial score (nSPS) is 13.4. The van der Waals surface area contributed by atoms with Gasteiger partial charge in [-0.15, -0.1) is 0 Å². The maximum atomic E-state index is 12.2. The van der Waals surface area contributed by atoms with E-state index in [0.29, 0.717) is 16.7 Å². The number of rotatable bonds is 3. The molecule has 104 valence electrons. The molecule has 0 fully saturated rings. The second-order valence-electron chi connectivity index (χ2n) is 4.60. The molecular weight excluding hydrogens is 272 g/mol. The molecule has 0 aliphatic carbocycles. The van der Waals surface area contributed by atoms with Crippen molar-refractivity contribution in [2.75, 3.05) is 0 Å². The van der Waals surface area contributed by atoms with E-state index in [4.69, 9.17) is 5.11 Å². The van der Waals surface area contributed by atoms with Gasteiger partial charge in [-0.3, -0.25) is 14.5 Å². The average Bonchev–Trinajstić information content (AvgIpc) is 2.73. The lowest BCUT2D eigenvalue weighted by Gasteiger charge is -2.13. The number of aromatic nitrogens is 1. The van der Waals surface area contributed by atoms with Crippen molar-refractivity contribution in [1.82, 2.24) is 9.88 Å². The van der Waals surface area contributed by atoms with Crippen molar-refractivity contribution < 1.29 is 19.5 Å². The summed E-state index contributed by atoms with van der Waals surface area (Å²) >= 11 is 0. The van der Waals surface area contributed by atoms with Gasteiger partial charge in [-0.05, 0) is 23.8 Å². The van der Waals surface area contributed by atoms with Gasteiger partial charge in [0.2, 0.25) is 0 Å². The molecule has 6 nitrogen and oxygen atoms in total. The smallest absolute Gasteiger partial charge is 0.354 e. The summed E-state index contributed by atoms with van der Waals surface area (Å²) < 4.78 is 0. The van der Waals surface area contributed by atoms with Gasteiger partial charge >= 0.3 is 5.97 Å². The molecule has 1 aromatic carbocycles. The zero-order chi connectivity index (χ0) is 15.0. The number of hydrogen-bond acceptors (Lipinski definition) is 4. The van der Waals surface area contributed by atoms with E-state index in [1.807, 2.05) is 0 Å². The predicted molar refractivity (Wildman–Crippen MR) is 71.8 cm³/mol. The molecule has 3 rings (SSSR count). The summed E-state index contributed by atoms with van der Waals surface area (Å²) in [7, 11) is 0. The molecule has 1 aromatic heterocycles. The summed E-state index contributed by atoms with van der Waals surface area (Å²) in [5, 5.41) is 8.78. The van der Waals surface area contributed by atoms with Gasteiger partial charge in [-0.2, -0.15) is 0 Å². The predicted octanol–water partition coefficient (Wildman–Crippen LogP) is 1.58. The van der Waals surface area contributed by atoms with E-state index in [-0.39, 0.29) is 24.1 Å². The molecule has 21 heavy (non-hydrogen) atoms. The van der Waals surface area contributed by atoms with Crippen LogP contribution in [0.4, 0.5) is 0 Å². The molecule has 0 bridgehead atoms. The highest BCUT2D eigenvalue weighted by Gasteiger charge is 2.34. The van der Waals surface area contributed by atoms with Crippen LogP contribution >= 0.6 is 0 Å². The summed E-state index contributed by atoms with van der Waals surface area (Å²) in [5.74, 6) is -1.82.